The first-order valence-electron chi connectivity index (χ1n) is 14.3. The van der Waals surface area contributed by atoms with Gasteiger partial charge < -0.3 is 0 Å². The maximum atomic E-state index is 4.15. The summed E-state index contributed by atoms with van der Waals surface area (Å²) < 4.78 is 0. The van der Waals surface area contributed by atoms with Gasteiger partial charge >= 0.3 is 0 Å². The molecule has 3 aromatic rings. The van der Waals surface area contributed by atoms with E-state index in [1.165, 1.54) is 72.4 Å². The maximum absolute atomic E-state index is 4.15. The van der Waals surface area contributed by atoms with Crippen LogP contribution in [-0.2, 0) is 0 Å². The van der Waals surface area contributed by atoms with Gasteiger partial charge in [-0.2, -0.15) is 0 Å². The van der Waals surface area contributed by atoms with E-state index in [9.17, 15) is 0 Å². The predicted molar refractivity (Wildman–Crippen MR) is 180 cm³/mol. The van der Waals surface area contributed by atoms with E-state index in [1.54, 1.807) is 0 Å². The topological polar surface area (TPSA) is 0 Å². The van der Waals surface area contributed by atoms with Gasteiger partial charge in [-0.3, -0.25) is 0 Å². The van der Waals surface area contributed by atoms with Gasteiger partial charge in [0.2, 0.25) is 0 Å². The molecule has 0 unspecified atom stereocenters. The van der Waals surface area contributed by atoms with Gasteiger partial charge in [0, 0.05) is 0 Å². The lowest BCUT2D eigenvalue weighted by Crippen LogP contribution is -1.87. The van der Waals surface area contributed by atoms with E-state index >= 15 is 0 Å². The Hall–Kier alpha value is -3.90. The van der Waals surface area contributed by atoms with E-state index in [4.69, 9.17) is 0 Å². The second-order valence-corrected chi connectivity index (χ2v) is 11.1. The lowest BCUT2D eigenvalue weighted by Gasteiger charge is -2.07. The van der Waals surface area contributed by atoms with Crippen molar-refractivity contribution in [3.63, 3.8) is 0 Å². The van der Waals surface area contributed by atoms with Crippen LogP contribution in [0.25, 0.3) is 16.7 Å². The van der Waals surface area contributed by atoms with Gasteiger partial charge in [-0.15, -0.1) is 0 Å². The van der Waals surface area contributed by atoms with Gasteiger partial charge in [0.1, 0.15) is 0 Å². The van der Waals surface area contributed by atoms with Crippen molar-refractivity contribution in [2.75, 3.05) is 0 Å². The van der Waals surface area contributed by atoms with Gasteiger partial charge in [0.15, 0.2) is 0 Å². The van der Waals surface area contributed by atoms with E-state index in [2.05, 4.69) is 160 Å². The molecule has 3 aromatic carbocycles. The fourth-order valence-corrected chi connectivity index (χ4v) is 4.53. The van der Waals surface area contributed by atoms with Gasteiger partial charge in [-0.1, -0.05) is 103 Å². The fraction of sp³-hybridized carbons (Fsp3) is 0.250. The highest BCUT2D eigenvalue weighted by Gasteiger charge is 2.06. The average molecular weight is 527 g/mol. The van der Waals surface area contributed by atoms with Crippen molar-refractivity contribution in [3.8, 4) is 0 Å². The molecule has 0 aromatic heterocycles. The van der Waals surface area contributed by atoms with Crippen LogP contribution in [0, 0.1) is 41.5 Å². The third-order valence-corrected chi connectivity index (χ3v) is 8.12. The molecule has 0 radical (unpaired) electrons. The minimum atomic E-state index is 0.970. The minimum absolute atomic E-state index is 0.970. The summed E-state index contributed by atoms with van der Waals surface area (Å²) in [7, 11) is 0. The minimum Gasteiger partial charge on any atom is -0.0911 e. The fourth-order valence-electron chi connectivity index (χ4n) is 4.53. The molecule has 0 saturated carbocycles. The first kappa shape index (κ1) is 30.6. The summed E-state index contributed by atoms with van der Waals surface area (Å²) >= 11 is 0. The largest absolute Gasteiger partial charge is 0.0911 e. The van der Waals surface area contributed by atoms with Crippen LogP contribution in [-0.4, -0.2) is 0 Å². The summed E-state index contributed by atoms with van der Waals surface area (Å²) in [5.41, 5.74) is 18.1. The molecule has 0 heteroatoms. The van der Waals surface area contributed by atoms with Crippen LogP contribution in [0.2, 0.25) is 0 Å². The molecule has 0 amide bonds. The molecule has 0 bridgehead atoms. The SMILES string of the molecule is C=C(/C=C(C)\C(C)=C/C)c1ccc(C)c(C)c1.Cc1ccc(C2=CCC=C(c3ccc(C)c(C)c3)C=C2)cc1C. The molecular weight excluding hydrogens is 480 g/mol. The first-order valence-corrected chi connectivity index (χ1v) is 14.3. The Kier molecular flexibility index (Phi) is 10.7. The van der Waals surface area contributed by atoms with E-state index < -0.39 is 0 Å². The molecule has 0 heterocycles. The highest BCUT2D eigenvalue weighted by molar-refractivity contribution is 5.83. The Morgan fingerprint density at radius 1 is 0.600 bits per heavy atom. The molecule has 0 atom stereocenters. The van der Waals surface area contributed by atoms with Crippen LogP contribution in [0.5, 0.6) is 0 Å². The maximum Gasteiger partial charge on any atom is -0.0151 e. The Balaban J connectivity index is 0.000000232. The van der Waals surface area contributed by atoms with Crippen LogP contribution in [0.4, 0.5) is 0 Å². The van der Waals surface area contributed by atoms with Gasteiger partial charge in [-0.25, -0.2) is 0 Å². The molecule has 0 fully saturated rings. The van der Waals surface area contributed by atoms with Crippen molar-refractivity contribution in [1.29, 1.82) is 0 Å². The van der Waals surface area contributed by atoms with Crippen molar-refractivity contribution in [2.24, 2.45) is 0 Å². The standard InChI is InChI=1S/C23H24.C17H22/c1-16-8-10-22(14-18(16)3)20-6-5-7-21(13-12-20)23-11-9-17(2)19(4)15-23;1-7-12(2)14(4)10-16(6)17-9-8-13(3)15(5)11-17/h6-15H,5H2,1-4H3;7-11H,6H2,1-5H3/b;12-7-,14-10-. The quantitative estimate of drug-likeness (QED) is 0.290. The summed E-state index contributed by atoms with van der Waals surface area (Å²) in [4.78, 5) is 0. The number of benzene rings is 3. The second-order valence-electron chi connectivity index (χ2n) is 11.1. The van der Waals surface area contributed by atoms with Crippen molar-refractivity contribution in [3.05, 3.63) is 159 Å². The number of allylic oxidation sites excluding steroid dienone is 11. The monoisotopic (exact) mass is 526 g/mol. The predicted octanol–water partition coefficient (Wildman–Crippen LogP) is 11.6. The molecule has 0 saturated heterocycles. The zero-order valence-corrected chi connectivity index (χ0v) is 26.1. The molecule has 40 heavy (non-hydrogen) atoms. The summed E-state index contributed by atoms with van der Waals surface area (Å²) in [6.45, 7) is 23.4. The van der Waals surface area contributed by atoms with Crippen molar-refractivity contribution >= 4 is 16.7 Å². The Morgan fingerprint density at radius 2 is 1.05 bits per heavy atom. The van der Waals surface area contributed by atoms with Crippen LogP contribution >= 0.6 is 0 Å². The zero-order valence-electron chi connectivity index (χ0n) is 26.1. The molecule has 0 nitrogen and oxygen atoms in total. The van der Waals surface area contributed by atoms with Crippen LogP contribution < -0.4 is 0 Å². The van der Waals surface area contributed by atoms with Gasteiger partial charge in [0.05, 0.1) is 0 Å². The smallest absolute Gasteiger partial charge is 0.0151 e. The van der Waals surface area contributed by atoms with E-state index in [0.29, 0.717) is 0 Å². The van der Waals surface area contributed by atoms with Crippen molar-refractivity contribution < 1.29 is 0 Å². The summed E-state index contributed by atoms with van der Waals surface area (Å²) in [5.74, 6) is 0. The number of hydrogen-bond acceptors (Lipinski definition) is 0. The molecule has 206 valence electrons. The lowest BCUT2D eigenvalue weighted by molar-refractivity contribution is 1.32. The second kappa shape index (κ2) is 13.9. The van der Waals surface area contributed by atoms with E-state index in [-0.39, 0.29) is 0 Å². The molecular formula is C40H46. The zero-order chi connectivity index (χ0) is 29.4. The number of rotatable bonds is 5. The highest BCUT2D eigenvalue weighted by Crippen LogP contribution is 2.27. The van der Waals surface area contributed by atoms with E-state index in [1.807, 2.05) is 0 Å². The molecule has 1 aliphatic carbocycles. The third kappa shape index (κ3) is 8.06. The van der Waals surface area contributed by atoms with Crippen molar-refractivity contribution in [1.82, 2.24) is 0 Å². The van der Waals surface area contributed by atoms with E-state index in [0.717, 1.165) is 12.0 Å². The van der Waals surface area contributed by atoms with Crippen LogP contribution in [0.15, 0.2) is 109 Å². The highest BCUT2D eigenvalue weighted by atomic mass is 14.1. The molecule has 0 aliphatic heterocycles. The molecule has 1 aliphatic rings. The van der Waals surface area contributed by atoms with Crippen molar-refractivity contribution in [2.45, 2.75) is 68.7 Å². The third-order valence-electron chi connectivity index (χ3n) is 8.12. The summed E-state index contributed by atoms with van der Waals surface area (Å²) in [6.07, 6.45) is 14.4. The Morgan fingerprint density at radius 3 is 1.48 bits per heavy atom. The molecule has 0 spiro atoms. The number of aryl methyl sites for hydroxylation is 6. The Bertz CT molecular complexity index is 1470. The van der Waals surface area contributed by atoms with Crippen LogP contribution in [0.1, 0.15) is 77.3 Å². The average Bonchev–Trinajstić information content (AvgIpc) is 3.19. The molecule has 0 N–H and O–H groups in total. The van der Waals surface area contributed by atoms with Crippen LogP contribution in [0.3, 0.4) is 0 Å². The van der Waals surface area contributed by atoms with Gasteiger partial charge in [-0.05, 0) is 141 Å². The summed E-state index contributed by atoms with van der Waals surface area (Å²) in [6, 6.07) is 19.9. The normalized spacial score (nSPS) is 13.6. The lowest BCUT2D eigenvalue weighted by atomic mass is 9.98. The Labute approximate surface area is 243 Å². The van der Waals surface area contributed by atoms with Gasteiger partial charge in [0.25, 0.3) is 0 Å². The number of hydrogen-bond donors (Lipinski definition) is 0. The summed E-state index contributed by atoms with van der Waals surface area (Å²) in [5, 5.41) is 0. The first-order chi connectivity index (χ1) is 19.0. The molecule has 4 rings (SSSR count).